The summed E-state index contributed by atoms with van der Waals surface area (Å²) in [6, 6.07) is 16.9. The highest BCUT2D eigenvalue weighted by molar-refractivity contribution is 5.92. The molecule has 0 bridgehead atoms. The fraction of sp³-hybridized carbons (Fsp3) is 0.226. The van der Waals surface area contributed by atoms with E-state index in [-0.39, 0.29) is 12.1 Å². The smallest absolute Gasteiger partial charge is 0.416 e. The van der Waals surface area contributed by atoms with Gasteiger partial charge in [-0.3, -0.25) is 0 Å². The number of amides is 1. The summed E-state index contributed by atoms with van der Waals surface area (Å²) in [4.78, 5) is 24.2. The van der Waals surface area contributed by atoms with E-state index in [4.69, 9.17) is 9.47 Å². The zero-order valence-corrected chi connectivity index (χ0v) is 23.2. The molecular weight excluding hydrogens is 549 g/mol. The fourth-order valence-electron chi connectivity index (χ4n) is 3.82. The van der Waals surface area contributed by atoms with Gasteiger partial charge in [-0.2, -0.15) is 13.2 Å². The van der Waals surface area contributed by atoms with E-state index in [1.165, 1.54) is 23.9 Å². The molecule has 4 rings (SSSR count). The van der Waals surface area contributed by atoms with Crippen molar-refractivity contribution in [1.29, 1.82) is 0 Å². The summed E-state index contributed by atoms with van der Waals surface area (Å²) in [7, 11) is 1.28. The van der Waals surface area contributed by atoms with E-state index < -0.39 is 29.4 Å². The third-order valence-corrected chi connectivity index (χ3v) is 5.78. The number of esters is 1. The van der Waals surface area contributed by atoms with Gasteiger partial charge in [0.1, 0.15) is 11.3 Å². The number of hydrogen-bond donors (Lipinski definition) is 1. The second-order valence-corrected chi connectivity index (χ2v) is 10.1. The van der Waals surface area contributed by atoms with E-state index in [0.29, 0.717) is 28.1 Å². The summed E-state index contributed by atoms with van der Waals surface area (Å²) in [6.45, 7) is 5.44. The van der Waals surface area contributed by atoms with Crippen molar-refractivity contribution in [2.45, 2.75) is 32.5 Å². The highest BCUT2D eigenvalue weighted by Gasteiger charge is 2.30. The van der Waals surface area contributed by atoms with Crippen LogP contribution in [-0.4, -0.2) is 46.3 Å². The van der Waals surface area contributed by atoms with Crippen molar-refractivity contribution in [2.75, 3.05) is 13.7 Å². The third-order valence-electron chi connectivity index (χ3n) is 5.78. The summed E-state index contributed by atoms with van der Waals surface area (Å²) in [5.41, 5.74) is 2.41. The second kappa shape index (κ2) is 12.2. The van der Waals surface area contributed by atoms with Gasteiger partial charge in [0.05, 0.1) is 36.7 Å². The number of hydrogen-bond acceptors (Lipinski definition) is 6. The lowest BCUT2D eigenvalue weighted by Crippen LogP contribution is -2.32. The molecule has 0 aliphatic heterocycles. The average molecular weight is 577 g/mol. The lowest BCUT2D eigenvalue weighted by Gasteiger charge is -2.18. The monoisotopic (exact) mass is 576 g/mol. The van der Waals surface area contributed by atoms with Crippen LogP contribution < -0.4 is 5.32 Å². The first kappa shape index (κ1) is 29.9. The Morgan fingerprint density at radius 3 is 2.21 bits per heavy atom. The molecule has 0 aliphatic rings. The molecule has 0 atom stereocenters. The molecule has 11 heteroatoms. The minimum atomic E-state index is -4.44. The van der Waals surface area contributed by atoms with Crippen LogP contribution >= 0.6 is 0 Å². The maximum atomic E-state index is 12.9. The number of benzene rings is 3. The van der Waals surface area contributed by atoms with Gasteiger partial charge in [-0.05, 0) is 74.4 Å². The first-order valence-corrected chi connectivity index (χ1v) is 12.7. The van der Waals surface area contributed by atoms with Crippen LogP contribution in [0.2, 0.25) is 0 Å². The van der Waals surface area contributed by atoms with Crippen LogP contribution in [0.5, 0.6) is 0 Å². The molecule has 0 saturated carbocycles. The standard InChI is InChI=1S/C31H27F3N4O4/c1-30(2,3)42-29(40)35-15-5-6-20-7-9-21(10-8-20)23-16-24(28(39)41-4)18-26(17-23)38-19-27(36-37-38)22-11-13-25(14-12-22)31(32,33)34/h7-14,16-19H,15H2,1-4H3,(H,35,40). The maximum Gasteiger partial charge on any atom is 0.416 e. The molecule has 216 valence electrons. The zero-order valence-electron chi connectivity index (χ0n) is 23.2. The average Bonchev–Trinajstić information content (AvgIpc) is 3.44. The van der Waals surface area contributed by atoms with Gasteiger partial charge in [-0.25, -0.2) is 14.3 Å². The molecular formula is C31H27F3N4O4. The lowest BCUT2D eigenvalue weighted by molar-refractivity contribution is -0.137. The molecule has 0 saturated heterocycles. The van der Waals surface area contributed by atoms with E-state index in [1.807, 2.05) is 12.1 Å². The molecule has 1 heterocycles. The largest absolute Gasteiger partial charge is 0.465 e. The summed E-state index contributed by atoms with van der Waals surface area (Å²) in [6.07, 6.45) is -3.43. The van der Waals surface area contributed by atoms with Crippen molar-refractivity contribution in [3.8, 4) is 39.9 Å². The number of alkyl carbamates (subject to hydrolysis) is 1. The quantitative estimate of drug-likeness (QED) is 0.222. The van der Waals surface area contributed by atoms with Crippen LogP contribution in [0.1, 0.15) is 42.3 Å². The lowest BCUT2D eigenvalue weighted by atomic mass is 10.0. The number of carbonyl (C=O) groups excluding carboxylic acids is 2. The number of aromatic nitrogens is 3. The van der Waals surface area contributed by atoms with Gasteiger partial charge in [0.2, 0.25) is 0 Å². The fourth-order valence-corrected chi connectivity index (χ4v) is 3.82. The van der Waals surface area contributed by atoms with Gasteiger partial charge in [-0.1, -0.05) is 41.3 Å². The number of nitrogens with one attached hydrogen (secondary N) is 1. The topological polar surface area (TPSA) is 95.3 Å². The molecule has 1 N–H and O–H groups in total. The highest BCUT2D eigenvalue weighted by atomic mass is 19.4. The predicted octanol–water partition coefficient (Wildman–Crippen LogP) is 6.28. The Hall–Kier alpha value is -5.11. The van der Waals surface area contributed by atoms with Gasteiger partial charge >= 0.3 is 18.2 Å². The molecule has 8 nitrogen and oxygen atoms in total. The summed E-state index contributed by atoms with van der Waals surface area (Å²) >= 11 is 0. The zero-order chi connectivity index (χ0) is 30.5. The first-order chi connectivity index (χ1) is 19.8. The number of methoxy groups -OCH3 is 1. The number of alkyl halides is 3. The number of nitrogens with zero attached hydrogens (tertiary/aromatic N) is 3. The first-order valence-electron chi connectivity index (χ1n) is 12.7. The van der Waals surface area contributed by atoms with Crippen molar-refractivity contribution in [3.63, 3.8) is 0 Å². The molecule has 0 radical (unpaired) electrons. The molecule has 42 heavy (non-hydrogen) atoms. The Balaban J connectivity index is 1.55. The molecule has 0 aliphatic carbocycles. The number of halogens is 3. The van der Waals surface area contributed by atoms with Crippen LogP contribution in [0.3, 0.4) is 0 Å². The van der Waals surface area contributed by atoms with Crippen molar-refractivity contribution in [2.24, 2.45) is 0 Å². The molecule has 1 aromatic heterocycles. The second-order valence-electron chi connectivity index (χ2n) is 10.1. The number of ether oxygens (including phenoxy) is 2. The third kappa shape index (κ3) is 7.75. The van der Waals surface area contributed by atoms with Crippen molar-refractivity contribution >= 4 is 12.1 Å². The van der Waals surface area contributed by atoms with Crippen molar-refractivity contribution in [3.05, 3.63) is 89.6 Å². The highest BCUT2D eigenvalue weighted by Crippen LogP contribution is 2.31. The van der Waals surface area contributed by atoms with Crippen molar-refractivity contribution < 1.29 is 32.2 Å². The van der Waals surface area contributed by atoms with Gasteiger partial charge in [0, 0.05) is 11.1 Å². The number of rotatable bonds is 5. The molecule has 0 fully saturated rings. The van der Waals surface area contributed by atoms with E-state index in [0.717, 1.165) is 17.7 Å². The minimum absolute atomic E-state index is 0.119. The van der Waals surface area contributed by atoms with Crippen LogP contribution in [0.25, 0.3) is 28.1 Å². The van der Waals surface area contributed by atoms with E-state index >= 15 is 0 Å². The van der Waals surface area contributed by atoms with Crippen LogP contribution in [0.4, 0.5) is 18.0 Å². The summed E-state index contributed by atoms with van der Waals surface area (Å²) in [5, 5.41) is 10.8. The minimum Gasteiger partial charge on any atom is -0.465 e. The Morgan fingerprint density at radius 1 is 0.929 bits per heavy atom. The normalized spacial score (nSPS) is 11.3. The molecule has 3 aromatic carbocycles. The molecule has 4 aromatic rings. The van der Waals surface area contributed by atoms with E-state index in [1.54, 1.807) is 57.3 Å². The van der Waals surface area contributed by atoms with Gasteiger partial charge in [-0.15, -0.1) is 5.10 Å². The van der Waals surface area contributed by atoms with Crippen LogP contribution in [0.15, 0.2) is 72.9 Å². The van der Waals surface area contributed by atoms with Crippen LogP contribution in [-0.2, 0) is 15.7 Å². The Morgan fingerprint density at radius 2 is 1.60 bits per heavy atom. The predicted molar refractivity (Wildman–Crippen MR) is 150 cm³/mol. The van der Waals surface area contributed by atoms with Crippen LogP contribution in [0, 0.1) is 11.8 Å². The van der Waals surface area contributed by atoms with Gasteiger partial charge in [0.15, 0.2) is 0 Å². The maximum absolute atomic E-state index is 12.9. The van der Waals surface area contributed by atoms with Crippen molar-refractivity contribution in [1.82, 2.24) is 20.3 Å². The van der Waals surface area contributed by atoms with E-state index in [9.17, 15) is 22.8 Å². The number of carbonyl (C=O) groups is 2. The Kier molecular flexibility index (Phi) is 8.66. The summed E-state index contributed by atoms with van der Waals surface area (Å²) < 4.78 is 50.3. The van der Waals surface area contributed by atoms with Gasteiger partial charge in [0.25, 0.3) is 0 Å². The molecule has 1 amide bonds. The Labute approximate surface area is 240 Å². The SMILES string of the molecule is COC(=O)c1cc(-c2ccc(C#CCNC(=O)OC(C)(C)C)cc2)cc(-n2cc(-c3ccc(C(F)(F)F)cc3)nn2)c1. The molecule has 0 unspecified atom stereocenters. The Bertz CT molecular complexity index is 1640. The van der Waals surface area contributed by atoms with E-state index in [2.05, 4.69) is 27.5 Å². The molecule has 0 spiro atoms. The summed E-state index contributed by atoms with van der Waals surface area (Å²) in [5.74, 6) is 5.28. The van der Waals surface area contributed by atoms with Gasteiger partial charge < -0.3 is 14.8 Å².